The van der Waals surface area contributed by atoms with Crippen molar-refractivity contribution in [1.29, 1.82) is 0 Å². The minimum atomic E-state index is -0.469. The molecule has 124 valence electrons. The zero-order valence-corrected chi connectivity index (χ0v) is 13.7. The lowest BCUT2D eigenvalue weighted by Gasteiger charge is -2.17. The van der Waals surface area contributed by atoms with Crippen LogP contribution in [-0.4, -0.2) is 24.5 Å². The maximum Gasteiger partial charge on any atom is 0.315 e. The van der Waals surface area contributed by atoms with Gasteiger partial charge in [0.15, 0.2) is 0 Å². The van der Waals surface area contributed by atoms with Crippen molar-refractivity contribution in [3.05, 3.63) is 65.7 Å². The molecule has 0 saturated carbocycles. The number of aryl methyl sites for hydroxylation is 1. The molecule has 0 aliphatic carbocycles. The highest BCUT2D eigenvalue weighted by molar-refractivity contribution is 6.01. The minimum Gasteiger partial charge on any atom is -0.334 e. The maximum atomic E-state index is 12.4. The quantitative estimate of drug-likeness (QED) is 0.908. The molecule has 1 heterocycles. The summed E-state index contributed by atoms with van der Waals surface area (Å²) in [5.74, 6) is -0.0633. The minimum absolute atomic E-state index is 0.0633. The third-order valence-corrected chi connectivity index (χ3v) is 4.15. The molecule has 24 heavy (non-hydrogen) atoms. The third kappa shape index (κ3) is 3.74. The van der Waals surface area contributed by atoms with Gasteiger partial charge in [-0.25, -0.2) is 4.79 Å². The molecule has 5 nitrogen and oxygen atoms in total. The number of hydrogen-bond acceptors (Lipinski definition) is 2. The molecule has 1 saturated heterocycles. The number of para-hydroxylation sites is 1. The SMILES string of the molecule is Cc1ccc(CNC(=O)NC2CCN(c3ccccc3)C2=O)cc1. The van der Waals surface area contributed by atoms with Crippen LogP contribution in [0.4, 0.5) is 10.5 Å². The van der Waals surface area contributed by atoms with Crippen LogP contribution in [0.3, 0.4) is 0 Å². The van der Waals surface area contributed by atoms with Crippen LogP contribution >= 0.6 is 0 Å². The van der Waals surface area contributed by atoms with Crippen molar-refractivity contribution in [3.63, 3.8) is 0 Å². The monoisotopic (exact) mass is 323 g/mol. The van der Waals surface area contributed by atoms with Crippen LogP contribution < -0.4 is 15.5 Å². The molecule has 5 heteroatoms. The molecule has 2 aromatic carbocycles. The highest BCUT2D eigenvalue weighted by atomic mass is 16.2. The van der Waals surface area contributed by atoms with Crippen LogP contribution in [-0.2, 0) is 11.3 Å². The van der Waals surface area contributed by atoms with Gasteiger partial charge in [0.1, 0.15) is 6.04 Å². The molecule has 0 radical (unpaired) electrons. The van der Waals surface area contributed by atoms with Crippen molar-refractivity contribution >= 4 is 17.6 Å². The lowest BCUT2D eigenvalue weighted by molar-refractivity contribution is -0.118. The Morgan fingerprint density at radius 1 is 1.12 bits per heavy atom. The molecule has 1 aliphatic rings. The lowest BCUT2D eigenvalue weighted by Crippen LogP contribution is -2.45. The van der Waals surface area contributed by atoms with Gasteiger partial charge in [0, 0.05) is 18.8 Å². The number of carbonyl (C=O) groups is 2. The summed E-state index contributed by atoms with van der Waals surface area (Å²) >= 11 is 0. The van der Waals surface area contributed by atoms with E-state index in [1.807, 2.05) is 61.5 Å². The van der Waals surface area contributed by atoms with Gasteiger partial charge in [-0.15, -0.1) is 0 Å². The van der Waals surface area contributed by atoms with Crippen LogP contribution in [0, 0.1) is 6.92 Å². The van der Waals surface area contributed by atoms with Crippen molar-refractivity contribution in [3.8, 4) is 0 Å². The predicted octanol–water partition coefficient (Wildman–Crippen LogP) is 2.60. The van der Waals surface area contributed by atoms with Crippen LogP contribution in [0.2, 0.25) is 0 Å². The summed E-state index contributed by atoms with van der Waals surface area (Å²) in [5, 5.41) is 5.57. The van der Waals surface area contributed by atoms with E-state index in [1.165, 1.54) is 5.56 Å². The fourth-order valence-corrected chi connectivity index (χ4v) is 2.78. The van der Waals surface area contributed by atoms with Crippen LogP contribution in [0.1, 0.15) is 17.5 Å². The molecule has 0 bridgehead atoms. The number of benzene rings is 2. The van der Waals surface area contributed by atoms with Gasteiger partial charge in [-0.1, -0.05) is 48.0 Å². The molecule has 1 atom stereocenters. The van der Waals surface area contributed by atoms with Gasteiger partial charge in [-0.3, -0.25) is 4.79 Å². The van der Waals surface area contributed by atoms with Gasteiger partial charge >= 0.3 is 6.03 Å². The summed E-state index contributed by atoms with van der Waals surface area (Å²) < 4.78 is 0. The summed E-state index contributed by atoms with van der Waals surface area (Å²) in [5.41, 5.74) is 3.08. The Balaban J connectivity index is 1.52. The number of amides is 3. The molecule has 2 N–H and O–H groups in total. The molecule has 2 aromatic rings. The van der Waals surface area contributed by atoms with Gasteiger partial charge in [0.05, 0.1) is 0 Å². The van der Waals surface area contributed by atoms with E-state index < -0.39 is 6.04 Å². The van der Waals surface area contributed by atoms with E-state index in [0.717, 1.165) is 11.3 Å². The third-order valence-electron chi connectivity index (χ3n) is 4.15. The van der Waals surface area contributed by atoms with Gasteiger partial charge in [0.2, 0.25) is 5.91 Å². The summed E-state index contributed by atoms with van der Waals surface area (Å²) in [6.07, 6.45) is 0.617. The van der Waals surface area contributed by atoms with Crippen LogP contribution in [0.5, 0.6) is 0 Å². The smallest absolute Gasteiger partial charge is 0.315 e. The zero-order valence-electron chi connectivity index (χ0n) is 13.7. The largest absolute Gasteiger partial charge is 0.334 e. The number of hydrogen-bond donors (Lipinski definition) is 2. The van der Waals surface area contributed by atoms with Crippen molar-refractivity contribution < 1.29 is 9.59 Å². The number of urea groups is 1. The van der Waals surface area contributed by atoms with Gasteiger partial charge in [-0.2, -0.15) is 0 Å². The van der Waals surface area contributed by atoms with E-state index in [-0.39, 0.29) is 11.9 Å². The Kier molecular flexibility index (Phi) is 4.79. The highest BCUT2D eigenvalue weighted by Crippen LogP contribution is 2.20. The number of nitrogens with one attached hydrogen (secondary N) is 2. The fourth-order valence-electron chi connectivity index (χ4n) is 2.78. The standard InChI is InChI=1S/C19H21N3O2/c1-14-7-9-15(10-8-14)13-20-19(24)21-17-11-12-22(18(17)23)16-5-3-2-4-6-16/h2-10,17H,11-13H2,1H3,(H2,20,21,24). The Hall–Kier alpha value is -2.82. The van der Waals surface area contributed by atoms with Gasteiger partial charge in [0.25, 0.3) is 0 Å². The lowest BCUT2D eigenvalue weighted by atomic mass is 10.1. The van der Waals surface area contributed by atoms with Crippen molar-refractivity contribution in [2.45, 2.75) is 25.9 Å². The molecule has 1 aliphatic heterocycles. The molecular formula is C19H21N3O2. The van der Waals surface area contributed by atoms with E-state index in [1.54, 1.807) is 4.90 Å². The molecule has 1 unspecified atom stereocenters. The molecular weight excluding hydrogens is 302 g/mol. The number of rotatable bonds is 4. The average Bonchev–Trinajstić information content (AvgIpc) is 2.96. The topological polar surface area (TPSA) is 61.4 Å². The average molecular weight is 323 g/mol. The second-order valence-electron chi connectivity index (χ2n) is 5.98. The first-order valence-corrected chi connectivity index (χ1v) is 8.10. The van der Waals surface area contributed by atoms with Gasteiger partial charge in [-0.05, 0) is 31.0 Å². The maximum absolute atomic E-state index is 12.4. The van der Waals surface area contributed by atoms with Gasteiger partial charge < -0.3 is 15.5 Å². The number of anilines is 1. The second-order valence-corrected chi connectivity index (χ2v) is 5.98. The van der Waals surface area contributed by atoms with Crippen LogP contribution in [0.15, 0.2) is 54.6 Å². The molecule has 1 fully saturated rings. The van der Waals surface area contributed by atoms with Crippen molar-refractivity contribution in [2.75, 3.05) is 11.4 Å². The summed E-state index contributed by atoms with van der Waals surface area (Å²) in [6, 6.07) is 16.7. The highest BCUT2D eigenvalue weighted by Gasteiger charge is 2.33. The zero-order chi connectivity index (χ0) is 16.9. The van der Waals surface area contributed by atoms with Crippen molar-refractivity contribution in [1.82, 2.24) is 10.6 Å². The molecule has 3 amide bonds. The summed E-state index contributed by atoms with van der Waals surface area (Å²) in [7, 11) is 0. The summed E-state index contributed by atoms with van der Waals surface area (Å²) in [6.45, 7) is 3.08. The first kappa shape index (κ1) is 16.1. The Labute approximate surface area is 141 Å². The second kappa shape index (κ2) is 7.17. The predicted molar refractivity (Wildman–Crippen MR) is 93.8 cm³/mol. The molecule has 3 rings (SSSR count). The normalized spacial score (nSPS) is 17.0. The number of nitrogens with zero attached hydrogens (tertiary/aromatic N) is 1. The molecule has 0 aromatic heterocycles. The first-order valence-electron chi connectivity index (χ1n) is 8.10. The first-order chi connectivity index (χ1) is 11.6. The Morgan fingerprint density at radius 2 is 1.83 bits per heavy atom. The van der Waals surface area contributed by atoms with E-state index in [0.29, 0.717) is 19.5 Å². The van der Waals surface area contributed by atoms with E-state index >= 15 is 0 Å². The Morgan fingerprint density at radius 3 is 2.54 bits per heavy atom. The van der Waals surface area contributed by atoms with E-state index in [9.17, 15) is 9.59 Å². The van der Waals surface area contributed by atoms with E-state index in [2.05, 4.69) is 10.6 Å². The molecule has 0 spiro atoms. The van der Waals surface area contributed by atoms with Crippen molar-refractivity contribution in [2.24, 2.45) is 0 Å². The fraction of sp³-hybridized carbons (Fsp3) is 0.263. The number of carbonyl (C=O) groups excluding carboxylic acids is 2. The summed E-state index contributed by atoms with van der Waals surface area (Å²) in [4.78, 5) is 26.2. The Bertz CT molecular complexity index is 713. The van der Waals surface area contributed by atoms with Crippen LogP contribution in [0.25, 0.3) is 0 Å². The van der Waals surface area contributed by atoms with E-state index in [4.69, 9.17) is 0 Å².